The monoisotopic (exact) mass is 640 g/mol. The molecule has 0 aliphatic heterocycles. The van der Waals surface area contributed by atoms with Crippen molar-refractivity contribution >= 4 is 43.7 Å². The van der Waals surface area contributed by atoms with Crippen LogP contribution in [0.3, 0.4) is 0 Å². The zero-order valence-electron chi connectivity index (χ0n) is 26.9. The predicted octanol–water partition coefficient (Wildman–Crippen LogP) is 11.5. The van der Waals surface area contributed by atoms with Gasteiger partial charge in [-0.1, -0.05) is 127 Å². The molecule has 0 N–H and O–H groups in total. The van der Waals surface area contributed by atoms with E-state index in [1.54, 1.807) is 0 Å². The molecule has 234 valence electrons. The summed E-state index contributed by atoms with van der Waals surface area (Å²) in [6, 6.07) is 58.7. The Morgan fingerprint density at radius 1 is 0.380 bits per heavy atom. The number of fused-ring (bicyclic) bond motifs is 6. The number of benzene rings is 7. The summed E-state index contributed by atoms with van der Waals surface area (Å²) in [6.45, 7) is 0. The molecule has 0 atom stereocenters. The van der Waals surface area contributed by atoms with Crippen molar-refractivity contribution in [3.05, 3.63) is 170 Å². The lowest BCUT2D eigenvalue weighted by Gasteiger charge is -2.11. The van der Waals surface area contributed by atoms with Crippen molar-refractivity contribution in [2.45, 2.75) is 0 Å². The van der Waals surface area contributed by atoms with Gasteiger partial charge < -0.3 is 8.98 Å². The molecule has 7 aromatic carbocycles. The third-order valence-electron chi connectivity index (χ3n) is 9.45. The van der Waals surface area contributed by atoms with Crippen LogP contribution in [0, 0.1) is 0 Å². The summed E-state index contributed by atoms with van der Waals surface area (Å²) in [7, 11) is 0. The lowest BCUT2D eigenvalue weighted by molar-refractivity contribution is 0.669. The number of rotatable bonds is 5. The zero-order chi connectivity index (χ0) is 33.0. The Bertz CT molecular complexity index is 2800. The van der Waals surface area contributed by atoms with Crippen molar-refractivity contribution in [2.75, 3.05) is 0 Å². The quantitative estimate of drug-likeness (QED) is 0.188. The summed E-state index contributed by atoms with van der Waals surface area (Å²) in [6.07, 6.45) is 0. The molecule has 0 spiro atoms. The third-order valence-corrected chi connectivity index (χ3v) is 9.45. The minimum atomic E-state index is 0.598. The summed E-state index contributed by atoms with van der Waals surface area (Å²) in [5.41, 5.74) is 10.2. The van der Waals surface area contributed by atoms with E-state index in [1.807, 2.05) is 66.7 Å². The summed E-state index contributed by atoms with van der Waals surface area (Å²) in [5, 5.41) is 4.57. The van der Waals surface area contributed by atoms with Gasteiger partial charge in [0.15, 0.2) is 17.5 Å². The van der Waals surface area contributed by atoms with Gasteiger partial charge in [-0.2, -0.15) is 0 Å². The first-order valence-electron chi connectivity index (χ1n) is 16.7. The van der Waals surface area contributed by atoms with Gasteiger partial charge in [-0.25, -0.2) is 15.0 Å². The van der Waals surface area contributed by atoms with E-state index in [0.717, 1.165) is 49.9 Å². The molecule has 3 heterocycles. The molecule has 0 aliphatic rings. The predicted molar refractivity (Wildman–Crippen MR) is 203 cm³/mol. The maximum Gasteiger partial charge on any atom is 0.164 e. The Morgan fingerprint density at radius 3 is 1.70 bits per heavy atom. The van der Waals surface area contributed by atoms with Gasteiger partial charge in [0.2, 0.25) is 0 Å². The summed E-state index contributed by atoms with van der Waals surface area (Å²) in [5.74, 6) is 1.86. The Balaban J connectivity index is 1.13. The van der Waals surface area contributed by atoms with Gasteiger partial charge in [0.25, 0.3) is 0 Å². The van der Waals surface area contributed by atoms with E-state index < -0.39 is 0 Å². The lowest BCUT2D eigenvalue weighted by atomic mass is 9.99. The third kappa shape index (κ3) is 4.60. The molecule has 0 unspecified atom stereocenters. The van der Waals surface area contributed by atoms with Crippen LogP contribution in [0.4, 0.5) is 0 Å². The van der Waals surface area contributed by atoms with Gasteiger partial charge in [-0.3, -0.25) is 0 Å². The average Bonchev–Trinajstić information content (AvgIpc) is 3.74. The standard InChI is InChI=1S/C45H28N4O/c1-4-13-29(14-5-1)43-46-44(30-15-6-2-7-16-30)48-45(47-43)32-23-25-36-38-27-31(24-26-40(38)50-41(36)28-32)34-20-12-21-37-35-19-10-11-22-39(35)49(42(34)37)33-17-8-3-9-18-33/h1-28H. The zero-order valence-corrected chi connectivity index (χ0v) is 26.9. The molecule has 0 saturated heterocycles. The van der Waals surface area contributed by atoms with Crippen molar-refractivity contribution in [3.8, 4) is 51.0 Å². The molecule has 0 aliphatic carbocycles. The molecule has 50 heavy (non-hydrogen) atoms. The molecule has 10 aromatic rings. The Hall–Kier alpha value is -6.85. The molecule has 3 aromatic heterocycles. The molecule has 5 heteroatoms. The maximum absolute atomic E-state index is 6.49. The smallest absolute Gasteiger partial charge is 0.164 e. The fourth-order valence-electron chi connectivity index (χ4n) is 7.12. The Labute approximate surface area is 287 Å². The first-order valence-corrected chi connectivity index (χ1v) is 16.7. The second kappa shape index (κ2) is 11.4. The van der Waals surface area contributed by atoms with Crippen molar-refractivity contribution in [2.24, 2.45) is 0 Å². The van der Waals surface area contributed by atoms with Gasteiger partial charge in [0.05, 0.1) is 11.0 Å². The first-order chi connectivity index (χ1) is 24.8. The van der Waals surface area contributed by atoms with E-state index >= 15 is 0 Å². The molecule has 0 bridgehead atoms. The van der Waals surface area contributed by atoms with Crippen molar-refractivity contribution in [1.29, 1.82) is 0 Å². The van der Waals surface area contributed by atoms with Gasteiger partial charge in [-0.15, -0.1) is 0 Å². The molecule has 0 radical (unpaired) electrons. The SMILES string of the molecule is c1ccc(-c2nc(-c3ccccc3)nc(-c3ccc4c(c3)oc3ccc(-c5cccc6c7ccccc7n(-c7ccccc7)c56)cc34)n2)cc1. The fourth-order valence-corrected chi connectivity index (χ4v) is 7.12. The van der Waals surface area contributed by atoms with Crippen molar-refractivity contribution in [3.63, 3.8) is 0 Å². The van der Waals surface area contributed by atoms with Crippen LogP contribution in [0.2, 0.25) is 0 Å². The summed E-state index contributed by atoms with van der Waals surface area (Å²) >= 11 is 0. The van der Waals surface area contributed by atoms with E-state index in [9.17, 15) is 0 Å². The van der Waals surface area contributed by atoms with E-state index in [1.165, 1.54) is 27.4 Å². The van der Waals surface area contributed by atoms with E-state index in [4.69, 9.17) is 19.4 Å². The highest BCUT2D eigenvalue weighted by molar-refractivity contribution is 6.15. The van der Waals surface area contributed by atoms with Gasteiger partial charge in [0.1, 0.15) is 11.2 Å². The molecule has 5 nitrogen and oxygen atoms in total. The molecule has 10 rings (SSSR count). The highest BCUT2D eigenvalue weighted by Crippen LogP contribution is 2.40. The van der Waals surface area contributed by atoms with Crippen LogP contribution < -0.4 is 0 Å². The lowest BCUT2D eigenvalue weighted by Crippen LogP contribution is -2.00. The highest BCUT2D eigenvalue weighted by Gasteiger charge is 2.18. The molecule has 0 saturated carbocycles. The minimum absolute atomic E-state index is 0.598. The minimum Gasteiger partial charge on any atom is -0.456 e. The number of para-hydroxylation sites is 3. The van der Waals surface area contributed by atoms with Gasteiger partial charge in [0, 0.05) is 49.5 Å². The number of nitrogens with zero attached hydrogens (tertiary/aromatic N) is 4. The van der Waals surface area contributed by atoms with Crippen LogP contribution in [0.15, 0.2) is 174 Å². The molecular weight excluding hydrogens is 613 g/mol. The second-order valence-electron chi connectivity index (χ2n) is 12.5. The topological polar surface area (TPSA) is 56.7 Å². The highest BCUT2D eigenvalue weighted by atomic mass is 16.3. The van der Waals surface area contributed by atoms with Crippen LogP contribution in [0.5, 0.6) is 0 Å². The van der Waals surface area contributed by atoms with Crippen LogP contribution >= 0.6 is 0 Å². The maximum atomic E-state index is 6.49. The Morgan fingerprint density at radius 2 is 0.980 bits per heavy atom. The van der Waals surface area contributed by atoms with Crippen LogP contribution in [-0.2, 0) is 0 Å². The number of hydrogen-bond acceptors (Lipinski definition) is 4. The second-order valence-corrected chi connectivity index (χ2v) is 12.5. The molecule has 0 fully saturated rings. The fraction of sp³-hybridized carbons (Fsp3) is 0. The number of hydrogen-bond donors (Lipinski definition) is 0. The van der Waals surface area contributed by atoms with E-state index in [-0.39, 0.29) is 0 Å². The molecular formula is C45H28N4O. The average molecular weight is 641 g/mol. The van der Waals surface area contributed by atoms with Crippen LogP contribution in [0.1, 0.15) is 0 Å². The summed E-state index contributed by atoms with van der Waals surface area (Å²) in [4.78, 5) is 14.7. The van der Waals surface area contributed by atoms with Crippen molar-refractivity contribution < 1.29 is 4.42 Å². The Kier molecular flexibility index (Phi) is 6.42. The van der Waals surface area contributed by atoms with Gasteiger partial charge in [-0.05, 0) is 48.0 Å². The first kappa shape index (κ1) is 28.2. The largest absolute Gasteiger partial charge is 0.456 e. The normalized spacial score (nSPS) is 11.6. The van der Waals surface area contributed by atoms with Crippen molar-refractivity contribution in [1.82, 2.24) is 19.5 Å². The van der Waals surface area contributed by atoms with Crippen LogP contribution in [0.25, 0.3) is 94.7 Å². The number of aromatic nitrogens is 4. The number of furan rings is 1. The van der Waals surface area contributed by atoms with E-state index in [2.05, 4.69) is 108 Å². The van der Waals surface area contributed by atoms with Crippen LogP contribution in [-0.4, -0.2) is 19.5 Å². The van der Waals surface area contributed by atoms with E-state index in [0.29, 0.717) is 17.5 Å². The molecule has 0 amide bonds. The van der Waals surface area contributed by atoms with Gasteiger partial charge >= 0.3 is 0 Å². The summed E-state index contributed by atoms with van der Waals surface area (Å²) < 4.78 is 8.87.